The molecule has 1 amide bonds. The lowest BCUT2D eigenvalue weighted by Crippen LogP contribution is -2.37. The maximum absolute atomic E-state index is 12.7. The lowest BCUT2D eigenvalue weighted by atomic mass is 9.98. The summed E-state index contributed by atoms with van der Waals surface area (Å²) in [5, 5.41) is 9.24. The van der Waals surface area contributed by atoms with Crippen LogP contribution >= 0.6 is 0 Å². The van der Waals surface area contributed by atoms with E-state index in [4.69, 9.17) is 4.74 Å². The molecule has 0 spiro atoms. The molecule has 1 unspecified atom stereocenters. The average Bonchev–Trinajstić information content (AvgIpc) is 2.77. The number of hydrogen-bond donors (Lipinski definition) is 1. The Kier molecular flexibility index (Phi) is 6.21. The predicted molar refractivity (Wildman–Crippen MR) is 81.8 cm³/mol. The molecule has 2 rings (SSSR count). The fraction of sp³-hybridized carbons (Fsp3) is 0.588. The van der Waals surface area contributed by atoms with Crippen molar-refractivity contribution in [3.63, 3.8) is 0 Å². The second-order valence-electron chi connectivity index (χ2n) is 5.71. The number of rotatable bonds is 5. The van der Waals surface area contributed by atoms with E-state index in [2.05, 4.69) is 12.1 Å². The van der Waals surface area contributed by atoms with Gasteiger partial charge in [0, 0.05) is 32.2 Å². The van der Waals surface area contributed by atoms with E-state index in [-0.39, 0.29) is 18.4 Å². The van der Waals surface area contributed by atoms with Crippen LogP contribution in [0.2, 0.25) is 0 Å². The molecule has 21 heavy (non-hydrogen) atoms. The predicted octanol–water partition coefficient (Wildman–Crippen LogP) is 2.13. The maximum atomic E-state index is 12.7. The Morgan fingerprint density at radius 1 is 1.29 bits per heavy atom. The first-order chi connectivity index (χ1) is 10.2. The van der Waals surface area contributed by atoms with Gasteiger partial charge in [-0.25, -0.2) is 0 Å². The third-order valence-electron chi connectivity index (χ3n) is 3.98. The third-order valence-corrected chi connectivity index (χ3v) is 3.98. The van der Waals surface area contributed by atoms with Gasteiger partial charge in [0.1, 0.15) is 0 Å². The molecular formula is C17H25NO3. The standard InChI is InChI=1S/C17H25NO3/c1-14-4-6-15(7-5-14)13-18(9-10-19)17(20)16-3-2-11-21-12-8-16/h4-7,16,19H,2-3,8-13H2,1H3. The van der Waals surface area contributed by atoms with Crippen LogP contribution in [0.5, 0.6) is 0 Å². The Morgan fingerprint density at radius 2 is 2.05 bits per heavy atom. The molecule has 1 aromatic rings. The van der Waals surface area contributed by atoms with Crippen LogP contribution in [0.4, 0.5) is 0 Å². The molecule has 1 aliphatic heterocycles. The number of hydrogen-bond acceptors (Lipinski definition) is 3. The highest BCUT2D eigenvalue weighted by Crippen LogP contribution is 2.20. The zero-order valence-corrected chi connectivity index (χ0v) is 12.8. The van der Waals surface area contributed by atoms with Gasteiger partial charge in [-0.2, -0.15) is 0 Å². The Labute approximate surface area is 126 Å². The summed E-state index contributed by atoms with van der Waals surface area (Å²) < 4.78 is 5.43. The maximum Gasteiger partial charge on any atom is 0.226 e. The summed E-state index contributed by atoms with van der Waals surface area (Å²) in [6.07, 6.45) is 2.61. The Morgan fingerprint density at radius 3 is 2.76 bits per heavy atom. The van der Waals surface area contributed by atoms with E-state index < -0.39 is 0 Å². The quantitative estimate of drug-likeness (QED) is 0.904. The normalized spacial score (nSPS) is 19.0. The molecule has 1 saturated heterocycles. The minimum absolute atomic E-state index is 0.000815. The molecule has 1 fully saturated rings. The minimum atomic E-state index is 0.000815. The molecule has 0 aliphatic carbocycles. The molecule has 1 heterocycles. The first-order valence-corrected chi connectivity index (χ1v) is 7.73. The van der Waals surface area contributed by atoms with Gasteiger partial charge in [0.25, 0.3) is 0 Å². The van der Waals surface area contributed by atoms with Crippen LogP contribution < -0.4 is 0 Å². The highest BCUT2D eigenvalue weighted by molar-refractivity contribution is 5.78. The van der Waals surface area contributed by atoms with Crippen molar-refractivity contribution >= 4 is 5.91 Å². The number of benzene rings is 1. The van der Waals surface area contributed by atoms with Gasteiger partial charge >= 0.3 is 0 Å². The van der Waals surface area contributed by atoms with Crippen molar-refractivity contribution < 1.29 is 14.6 Å². The second-order valence-corrected chi connectivity index (χ2v) is 5.71. The molecule has 116 valence electrons. The molecule has 4 heteroatoms. The van der Waals surface area contributed by atoms with E-state index in [1.54, 1.807) is 4.90 Å². The lowest BCUT2D eigenvalue weighted by Gasteiger charge is -2.26. The first-order valence-electron chi connectivity index (χ1n) is 7.73. The smallest absolute Gasteiger partial charge is 0.226 e. The second kappa shape index (κ2) is 8.15. The van der Waals surface area contributed by atoms with E-state index in [1.165, 1.54) is 5.56 Å². The molecule has 0 radical (unpaired) electrons. The average molecular weight is 291 g/mol. The number of aryl methyl sites for hydroxylation is 1. The summed E-state index contributed by atoms with van der Waals surface area (Å²) in [6, 6.07) is 8.19. The van der Waals surface area contributed by atoms with E-state index >= 15 is 0 Å². The number of carbonyl (C=O) groups excluding carboxylic acids is 1. The number of aliphatic hydroxyl groups excluding tert-OH is 1. The summed E-state index contributed by atoms with van der Waals surface area (Å²) in [7, 11) is 0. The SMILES string of the molecule is Cc1ccc(CN(CCO)C(=O)C2CCCOCC2)cc1. The summed E-state index contributed by atoms with van der Waals surface area (Å²) in [5.41, 5.74) is 2.31. The summed E-state index contributed by atoms with van der Waals surface area (Å²) in [6.45, 7) is 4.42. The lowest BCUT2D eigenvalue weighted by molar-refractivity contribution is -0.137. The van der Waals surface area contributed by atoms with Gasteiger partial charge in [0.2, 0.25) is 5.91 Å². The molecule has 1 aromatic carbocycles. The van der Waals surface area contributed by atoms with Gasteiger partial charge in [-0.3, -0.25) is 4.79 Å². The fourth-order valence-corrected chi connectivity index (χ4v) is 2.71. The van der Waals surface area contributed by atoms with Crippen molar-refractivity contribution in [3.8, 4) is 0 Å². The molecule has 0 saturated carbocycles. The van der Waals surface area contributed by atoms with Crippen molar-refractivity contribution in [1.82, 2.24) is 4.90 Å². The minimum Gasteiger partial charge on any atom is -0.395 e. The van der Waals surface area contributed by atoms with Gasteiger partial charge in [-0.05, 0) is 31.7 Å². The third kappa shape index (κ3) is 4.83. The molecule has 0 aromatic heterocycles. The number of aliphatic hydroxyl groups is 1. The van der Waals surface area contributed by atoms with Crippen molar-refractivity contribution in [3.05, 3.63) is 35.4 Å². The number of carbonyl (C=O) groups is 1. The molecule has 4 nitrogen and oxygen atoms in total. The van der Waals surface area contributed by atoms with Gasteiger partial charge in [0.05, 0.1) is 6.61 Å². The Hall–Kier alpha value is -1.39. The van der Waals surface area contributed by atoms with Gasteiger partial charge in [-0.15, -0.1) is 0 Å². The highest BCUT2D eigenvalue weighted by Gasteiger charge is 2.25. The molecule has 0 bridgehead atoms. The van der Waals surface area contributed by atoms with Crippen LogP contribution in [0.25, 0.3) is 0 Å². The summed E-state index contributed by atoms with van der Waals surface area (Å²) >= 11 is 0. The molecule has 1 N–H and O–H groups in total. The number of nitrogens with zero attached hydrogens (tertiary/aromatic N) is 1. The summed E-state index contributed by atoms with van der Waals surface area (Å²) in [4.78, 5) is 14.4. The highest BCUT2D eigenvalue weighted by atomic mass is 16.5. The van der Waals surface area contributed by atoms with Gasteiger partial charge in [-0.1, -0.05) is 29.8 Å². The van der Waals surface area contributed by atoms with Crippen molar-refractivity contribution in [2.45, 2.75) is 32.7 Å². The van der Waals surface area contributed by atoms with Crippen LogP contribution in [0.15, 0.2) is 24.3 Å². The monoisotopic (exact) mass is 291 g/mol. The number of amides is 1. The Balaban J connectivity index is 2.02. The van der Waals surface area contributed by atoms with Crippen LogP contribution in [-0.2, 0) is 16.1 Å². The van der Waals surface area contributed by atoms with E-state index in [0.29, 0.717) is 19.7 Å². The van der Waals surface area contributed by atoms with Crippen LogP contribution in [0.3, 0.4) is 0 Å². The van der Waals surface area contributed by atoms with Crippen molar-refractivity contribution in [1.29, 1.82) is 0 Å². The Bertz CT molecular complexity index is 436. The molecule has 1 aliphatic rings. The zero-order chi connectivity index (χ0) is 15.1. The van der Waals surface area contributed by atoms with E-state index in [0.717, 1.165) is 31.4 Å². The van der Waals surface area contributed by atoms with Crippen molar-refractivity contribution in [2.24, 2.45) is 5.92 Å². The summed E-state index contributed by atoms with van der Waals surface area (Å²) in [5.74, 6) is 0.180. The molecular weight excluding hydrogens is 266 g/mol. The van der Waals surface area contributed by atoms with Crippen LogP contribution in [0.1, 0.15) is 30.4 Å². The van der Waals surface area contributed by atoms with Gasteiger partial charge < -0.3 is 14.7 Å². The number of ether oxygens (including phenoxy) is 1. The molecule has 1 atom stereocenters. The fourth-order valence-electron chi connectivity index (χ4n) is 2.71. The van der Waals surface area contributed by atoms with Crippen molar-refractivity contribution in [2.75, 3.05) is 26.4 Å². The topological polar surface area (TPSA) is 49.8 Å². The van der Waals surface area contributed by atoms with E-state index in [9.17, 15) is 9.90 Å². The zero-order valence-electron chi connectivity index (χ0n) is 12.8. The first kappa shape index (κ1) is 16.0. The van der Waals surface area contributed by atoms with E-state index in [1.807, 2.05) is 19.1 Å². The largest absolute Gasteiger partial charge is 0.395 e. The van der Waals surface area contributed by atoms with Crippen LogP contribution in [0, 0.1) is 12.8 Å². The van der Waals surface area contributed by atoms with Crippen LogP contribution in [-0.4, -0.2) is 42.3 Å². The van der Waals surface area contributed by atoms with Gasteiger partial charge in [0.15, 0.2) is 0 Å².